The Kier molecular flexibility index (Phi) is 2.25. The van der Waals surface area contributed by atoms with E-state index in [4.69, 9.17) is 0 Å². The molecule has 0 aliphatic rings. The van der Waals surface area contributed by atoms with Crippen molar-refractivity contribution in [2.24, 2.45) is 7.05 Å². The highest BCUT2D eigenvalue weighted by Crippen LogP contribution is 2.21. The summed E-state index contributed by atoms with van der Waals surface area (Å²) in [6, 6.07) is 6.91. The Morgan fingerprint density at radius 1 is 1.43 bits per heavy atom. The largest absolute Gasteiger partial charge is 0.508 e. The summed E-state index contributed by atoms with van der Waals surface area (Å²) in [6.45, 7) is 0. The highest BCUT2D eigenvalue weighted by Gasteiger charge is 2.07. The number of phenolic OH excluding ortho intramolecular Hbond substituents is 1. The van der Waals surface area contributed by atoms with E-state index in [9.17, 15) is 5.11 Å². The van der Waals surface area contributed by atoms with E-state index >= 15 is 0 Å². The summed E-state index contributed by atoms with van der Waals surface area (Å²) in [5, 5.41) is 13.4. The van der Waals surface area contributed by atoms with Gasteiger partial charge in [-0.1, -0.05) is 12.1 Å². The van der Waals surface area contributed by atoms with Crippen molar-refractivity contribution in [3.05, 3.63) is 29.0 Å². The number of hydrogen-bond donors (Lipinski definition) is 1. The fraction of sp³-hybridized carbons (Fsp3) is 0.111. The Hall–Kier alpha value is -1.36. The summed E-state index contributed by atoms with van der Waals surface area (Å²) in [6.07, 6.45) is 0. The minimum absolute atomic E-state index is 0.224. The monoisotopic (exact) mass is 253 g/mol. The van der Waals surface area contributed by atoms with Crippen molar-refractivity contribution >= 4 is 15.9 Å². The Bertz CT molecular complexity index is 467. The SMILES string of the molecule is Cn1nc(Br)nc1-c1cccc(O)c1. The summed E-state index contributed by atoms with van der Waals surface area (Å²) in [5.41, 5.74) is 0.839. The topological polar surface area (TPSA) is 50.9 Å². The van der Waals surface area contributed by atoms with Gasteiger partial charge in [0.1, 0.15) is 5.75 Å². The van der Waals surface area contributed by atoms with Crippen LogP contribution >= 0.6 is 15.9 Å². The van der Waals surface area contributed by atoms with Crippen LogP contribution in [0.25, 0.3) is 11.4 Å². The van der Waals surface area contributed by atoms with Gasteiger partial charge in [-0.2, -0.15) is 0 Å². The molecule has 72 valence electrons. The lowest BCUT2D eigenvalue weighted by Crippen LogP contribution is -1.93. The van der Waals surface area contributed by atoms with Gasteiger partial charge in [0, 0.05) is 12.6 Å². The highest BCUT2D eigenvalue weighted by atomic mass is 79.9. The van der Waals surface area contributed by atoms with Crippen molar-refractivity contribution in [1.29, 1.82) is 0 Å². The second-order valence-corrected chi connectivity index (χ2v) is 3.59. The van der Waals surface area contributed by atoms with E-state index < -0.39 is 0 Å². The van der Waals surface area contributed by atoms with Crippen LogP contribution < -0.4 is 0 Å². The first-order valence-corrected chi connectivity index (χ1v) is 4.82. The molecule has 0 bridgehead atoms. The maximum atomic E-state index is 9.30. The van der Waals surface area contributed by atoms with Crippen LogP contribution in [0.4, 0.5) is 0 Å². The Morgan fingerprint density at radius 2 is 2.21 bits per heavy atom. The van der Waals surface area contributed by atoms with E-state index in [2.05, 4.69) is 26.0 Å². The van der Waals surface area contributed by atoms with Gasteiger partial charge in [0.05, 0.1) is 0 Å². The molecule has 0 radical (unpaired) electrons. The maximum absolute atomic E-state index is 9.30. The van der Waals surface area contributed by atoms with Crippen molar-refractivity contribution in [3.8, 4) is 17.1 Å². The normalized spacial score (nSPS) is 10.4. The van der Waals surface area contributed by atoms with Gasteiger partial charge in [-0.15, -0.1) is 5.10 Å². The first-order valence-electron chi connectivity index (χ1n) is 4.03. The van der Waals surface area contributed by atoms with Gasteiger partial charge < -0.3 is 5.11 Å². The maximum Gasteiger partial charge on any atom is 0.217 e. The molecule has 4 nitrogen and oxygen atoms in total. The van der Waals surface area contributed by atoms with Crippen LogP contribution in [-0.2, 0) is 7.05 Å². The third kappa shape index (κ3) is 1.63. The van der Waals surface area contributed by atoms with Gasteiger partial charge in [-0.3, -0.25) is 0 Å². The molecule has 1 N–H and O–H groups in total. The Morgan fingerprint density at radius 3 is 2.79 bits per heavy atom. The smallest absolute Gasteiger partial charge is 0.217 e. The molecule has 0 unspecified atom stereocenters. The fourth-order valence-electron chi connectivity index (χ4n) is 1.25. The van der Waals surface area contributed by atoms with Crippen LogP contribution in [0.15, 0.2) is 29.0 Å². The van der Waals surface area contributed by atoms with Crippen molar-refractivity contribution < 1.29 is 5.11 Å². The molecule has 0 saturated heterocycles. The lowest BCUT2D eigenvalue weighted by Gasteiger charge is -1.99. The van der Waals surface area contributed by atoms with Gasteiger partial charge in [-0.05, 0) is 28.1 Å². The van der Waals surface area contributed by atoms with Gasteiger partial charge in [-0.25, -0.2) is 9.67 Å². The molecule has 0 atom stereocenters. The predicted octanol–water partition coefficient (Wildman–Crippen LogP) is 1.95. The molecule has 14 heavy (non-hydrogen) atoms. The molecule has 1 aromatic carbocycles. The molecular formula is C9H8BrN3O. The van der Waals surface area contributed by atoms with Crippen molar-refractivity contribution in [2.75, 3.05) is 0 Å². The third-order valence-electron chi connectivity index (χ3n) is 1.84. The lowest BCUT2D eigenvalue weighted by atomic mass is 10.2. The number of phenols is 1. The van der Waals surface area contributed by atoms with Crippen LogP contribution in [0, 0.1) is 0 Å². The number of rotatable bonds is 1. The van der Waals surface area contributed by atoms with Gasteiger partial charge in [0.25, 0.3) is 0 Å². The van der Waals surface area contributed by atoms with Crippen molar-refractivity contribution in [3.63, 3.8) is 0 Å². The summed E-state index contributed by atoms with van der Waals surface area (Å²) in [7, 11) is 1.80. The molecule has 1 aromatic heterocycles. The number of benzene rings is 1. The summed E-state index contributed by atoms with van der Waals surface area (Å²) >= 11 is 3.19. The number of aromatic nitrogens is 3. The van der Waals surface area contributed by atoms with Crippen LogP contribution in [-0.4, -0.2) is 19.9 Å². The molecule has 0 spiro atoms. The molecule has 2 rings (SSSR count). The molecule has 1 heterocycles. The predicted molar refractivity (Wildman–Crippen MR) is 55.8 cm³/mol. The molecule has 0 fully saturated rings. The van der Waals surface area contributed by atoms with Gasteiger partial charge in [0.2, 0.25) is 4.73 Å². The standard InChI is InChI=1S/C9H8BrN3O/c1-13-8(11-9(10)12-13)6-3-2-4-7(14)5-6/h2-5,14H,1H3. The van der Waals surface area contributed by atoms with E-state index in [1.54, 1.807) is 29.9 Å². The van der Waals surface area contributed by atoms with E-state index in [1.807, 2.05) is 6.07 Å². The van der Waals surface area contributed by atoms with Gasteiger partial charge in [0.15, 0.2) is 5.82 Å². The lowest BCUT2D eigenvalue weighted by molar-refractivity contribution is 0.475. The van der Waals surface area contributed by atoms with Crippen LogP contribution in [0.2, 0.25) is 0 Å². The summed E-state index contributed by atoms with van der Waals surface area (Å²) in [5.74, 6) is 0.939. The molecule has 0 amide bonds. The minimum atomic E-state index is 0.224. The zero-order valence-corrected chi connectivity index (χ0v) is 9.06. The number of halogens is 1. The summed E-state index contributed by atoms with van der Waals surface area (Å²) in [4.78, 5) is 4.18. The molecule has 5 heteroatoms. The second kappa shape index (κ2) is 3.42. The number of aromatic hydroxyl groups is 1. The van der Waals surface area contributed by atoms with Crippen LogP contribution in [0.3, 0.4) is 0 Å². The van der Waals surface area contributed by atoms with Crippen LogP contribution in [0.1, 0.15) is 0 Å². The van der Waals surface area contributed by atoms with E-state index in [0.29, 0.717) is 10.6 Å². The third-order valence-corrected chi connectivity index (χ3v) is 2.18. The van der Waals surface area contributed by atoms with Crippen molar-refractivity contribution in [1.82, 2.24) is 14.8 Å². The average Bonchev–Trinajstić information content (AvgIpc) is 2.45. The zero-order chi connectivity index (χ0) is 10.1. The fourth-order valence-corrected chi connectivity index (χ4v) is 1.66. The van der Waals surface area contributed by atoms with Crippen molar-refractivity contribution in [2.45, 2.75) is 0 Å². The van der Waals surface area contributed by atoms with E-state index in [-0.39, 0.29) is 5.75 Å². The molecule has 0 aliphatic carbocycles. The molecule has 2 aromatic rings. The molecule has 0 aliphatic heterocycles. The highest BCUT2D eigenvalue weighted by molar-refractivity contribution is 9.10. The number of aryl methyl sites for hydroxylation is 1. The first-order chi connectivity index (χ1) is 6.66. The number of nitrogens with zero attached hydrogens (tertiary/aromatic N) is 3. The Balaban J connectivity index is 2.54. The molecular weight excluding hydrogens is 246 g/mol. The van der Waals surface area contributed by atoms with E-state index in [1.165, 1.54) is 0 Å². The average molecular weight is 254 g/mol. The molecule has 0 saturated carbocycles. The zero-order valence-electron chi connectivity index (χ0n) is 7.48. The minimum Gasteiger partial charge on any atom is -0.508 e. The Labute approximate surface area is 89.3 Å². The summed E-state index contributed by atoms with van der Waals surface area (Å²) < 4.78 is 2.19. The van der Waals surface area contributed by atoms with Gasteiger partial charge >= 0.3 is 0 Å². The number of hydrogen-bond acceptors (Lipinski definition) is 3. The first kappa shape index (κ1) is 9.21. The second-order valence-electron chi connectivity index (χ2n) is 2.88. The quantitative estimate of drug-likeness (QED) is 0.846. The van der Waals surface area contributed by atoms with E-state index in [0.717, 1.165) is 5.56 Å². The van der Waals surface area contributed by atoms with Crippen LogP contribution in [0.5, 0.6) is 5.75 Å².